The molecule has 4 rings (SSSR count). The van der Waals surface area contributed by atoms with Crippen molar-refractivity contribution in [2.24, 2.45) is 0 Å². The smallest absolute Gasteiger partial charge is 0.218 e. The maximum absolute atomic E-state index is 6.15. The summed E-state index contributed by atoms with van der Waals surface area (Å²) in [5.41, 5.74) is 6.05. The van der Waals surface area contributed by atoms with E-state index in [2.05, 4.69) is 46.4 Å². The molecule has 0 amide bonds. The first-order valence-corrected chi connectivity index (χ1v) is 8.43. The Kier molecular flexibility index (Phi) is 4.28. The number of hydrogen-bond acceptors (Lipinski definition) is 2. The van der Waals surface area contributed by atoms with Gasteiger partial charge in [0.15, 0.2) is 0 Å². The Labute approximate surface area is 151 Å². The molecule has 0 radical (unpaired) electrons. The minimum absolute atomic E-state index is 0.253. The van der Waals surface area contributed by atoms with Crippen LogP contribution in [0.25, 0.3) is 33.6 Å². The van der Waals surface area contributed by atoms with Crippen LogP contribution >= 0.6 is 11.6 Å². The Morgan fingerprint density at radius 3 is 1.44 bits per heavy atom. The first-order valence-electron chi connectivity index (χ1n) is 8.05. The van der Waals surface area contributed by atoms with Crippen molar-refractivity contribution in [1.29, 1.82) is 0 Å². The van der Waals surface area contributed by atoms with Gasteiger partial charge in [-0.3, -0.25) is 0 Å². The van der Waals surface area contributed by atoms with Gasteiger partial charge < -0.3 is 0 Å². The molecule has 0 spiro atoms. The zero-order valence-electron chi connectivity index (χ0n) is 13.4. The lowest BCUT2D eigenvalue weighted by molar-refractivity contribution is 1.18. The molecule has 0 aliphatic rings. The minimum atomic E-state index is 0.253. The number of benzene rings is 3. The van der Waals surface area contributed by atoms with Crippen LogP contribution in [0.1, 0.15) is 0 Å². The van der Waals surface area contributed by atoms with E-state index in [1.165, 1.54) is 11.1 Å². The van der Waals surface area contributed by atoms with Crippen LogP contribution in [0, 0.1) is 0 Å². The van der Waals surface area contributed by atoms with Gasteiger partial charge in [0.1, 0.15) is 0 Å². The van der Waals surface area contributed by atoms with Crippen molar-refractivity contribution in [3.8, 4) is 33.6 Å². The summed E-state index contributed by atoms with van der Waals surface area (Å²) in [7, 11) is 0. The summed E-state index contributed by atoms with van der Waals surface area (Å²) in [6, 6.07) is 30.6. The van der Waals surface area contributed by atoms with E-state index >= 15 is 0 Å². The molecule has 0 saturated heterocycles. The number of rotatable bonds is 3. The molecule has 0 atom stereocenters. The van der Waals surface area contributed by atoms with E-state index in [4.69, 9.17) is 11.6 Å². The van der Waals surface area contributed by atoms with E-state index in [-0.39, 0.29) is 5.28 Å². The first kappa shape index (κ1) is 15.6. The third-order valence-corrected chi connectivity index (χ3v) is 4.23. The molecule has 25 heavy (non-hydrogen) atoms. The van der Waals surface area contributed by atoms with E-state index in [9.17, 15) is 0 Å². The maximum atomic E-state index is 6.15. The van der Waals surface area contributed by atoms with Gasteiger partial charge >= 0.3 is 0 Å². The van der Waals surface area contributed by atoms with Crippen LogP contribution < -0.4 is 0 Å². The average molecular weight is 343 g/mol. The lowest BCUT2D eigenvalue weighted by atomic mass is 10.0. The molecule has 0 saturated carbocycles. The highest BCUT2D eigenvalue weighted by Gasteiger charge is 2.07. The largest absolute Gasteiger partial charge is 0.223 e. The molecule has 0 unspecified atom stereocenters. The van der Waals surface area contributed by atoms with E-state index in [1.54, 1.807) is 0 Å². The Morgan fingerprint density at radius 1 is 0.480 bits per heavy atom. The van der Waals surface area contributed by atoms with Crippen LogP contribution in [0.15, 0.2) is 91.0 Å². The van der Waals surface area contributed by atoms with Crippen molar-refractivity contribution in [3.63, 3.8) is 0 Å². The second-order valence-corrected chi connectivity index (χ2v) is 6.05. The highest BCUT2D eigenvalue weighted by Crippen LogP contribution is 2.27. The SMILES string of the molecule is Clc1nc(-c2ccccc2)cc(-c2ccc(-c3ccccc3)cc2)n1. The molecule has 1 aromatic heterocycles. The average Bonchev–Trinajstić information content (AvgIpc) is 2.69. The summed E-state index contributed by atoms with van der Waals surface area (Å²) in [6.45, 7) is 0. The van der Waals surface area contributed by atoms with E-state index in [0.717, 1.165) is 22.5 Å². The van der Waals surface area contributed by atoms with Crippen LogP contribution in [0.2, 0.25) is 5.28 Å². The van der Waals surface area contributed by atoms with E-state index in [0.29, 0.717) is 0 Å². The molecule has 0 bridgehead atoms. The molecule has 2 nitrogen and oxygen atoms in total. The predicted octanol–water partition coefficient (Wildman–Crippen LogP) is 6.13. The summed E-state index contributed by atoms with van der Waals surface area (Å²) < 4.78 is 0. The minimum Gasteiger partial charge on any atom is -0.218 e. The normalized spacial score (nSPS) is 10.6. The molecule has 3 heteroatoms. The van der Waals surface area contributed by atoms with Gasteiger partial charge in [-0.2, -0.15) is 0 Å². The quantitative estimate of drug-likeness (QED) is 0.418. The fourth-order valence-corrected chi connectivity index (χ4v) is 2.97. The monoisotopic (exact) mass is 342 g/mol. The molecule has 0 aliphatic heterocycles. The van der Waals surface area contributed by atoms with Crippen molar-refractivity contribution in [1.82, 2.24) is 9.97 Å². The summed E-state index contributed by atoms with van der Waals surface area (Å²) in [5, 5.41) is 0.253. The summed E-state index contributed by atoms with van der Waals surface area (Å²) >= 11 is 6.15. The third-order valence-electron chi connectivity index (χ3n) is 4.06. The Balaban J connectivity index is 1.71. The topological polar surface area (TPSA) is 25.8 Å². The van der Waals surface area contributed by atoms with Gasteiger partial charge in [0.25, 0.3) is 0 Å². The molecule has 1 heterocycles. The standard InChI is InChI=1S/C22H15ClN2/c23-22-24-20(18-9-5-2-6-10-18)15-21(25-22)19-13-11-17(12-14-19)16-7-3-1-4-8-16/h1-15H. The van der Waals surface area contributed by atoms with Crippen molar-refractivity contribution < 1.29 is 0 Å². The second-order valence-electron chi connectivity index (χ2n) is 5.72. The molecule has 0 N–H and O–H groups in total. The number of hydrogen-bond donors (Lipinski definition) is 0. The third kappa shape index (κ3) is 3.44. The summed E-state index contributed by atoms with van der Waals surface area (Å²) in [4.78, 5) is 8.74. The van der Waals surface area contributed by atoms with Crippen LogP contribution in [0.5, 0.6) is 0 Å². The molecule has 3 aromatic carbocycles. The van der Waals surface area contributed by atoms with Gasteiger partial charge in [-0.05, 0) is 28.8 Å². The van der Waals surface area contributed by atoms with Gasteiger partial charge in [0, 0.05) is 11.1 Å². The Hall–Kier alpha value is -2.97. The van der Waals surface area contributed by atoms with E-state index in [1.807, 2.05) is 54.6 Å². The highest BCUT2D eigenvalue weighted by atomic mass is 35.5. The molecule has 4 aromatic rings. The van der Waals surface area contributed by atoms with Crippen LogP contribution in [-0.4, -0.2) is 9.97 Å². The van der Waals surface area contributed by atoms with Crippen molar-refractivity contribution in [2.75, 3.05) is 0 Å². The molecular weight excluding hydrogens is 328 g/mol. The van der Waals surface area contributed by atoms with Crippen LogP contribution in [0.3, 0.4) is 0 Å². The van der Waals surface area contributed by atoms with Gasteiger partial charge in [-0.15, -0.1) is 0 Å². The van der Waals surface area contributed by atoms with Crippen LogP contribution in [-0.2, 0) is 0 Å². The first-order chi connectivity index (χ1) is 12.3. The lowest BCUT2D eigenvalue weighted by Gasteiger charge is -2.07. The van der Waals surface area contributed by atoms with Gasteiger partial charge in [-0.25, -0.2) is 9.97 Å². The summed E-state index contributed by atoms with van der Waals surface area (Å²) in [5.74, 6) is 0. The summed E-state index contributed by atoms with van der Waals surface area (Å²) in [6.07, 6.45) is 0. The molecule has 0 aliphatic carbocycles. The number of halogens is 1. The predicted molar refractivity (Wildman–Crippen MR) is 103 cm³/mol. The maximum Gasteiger partial charge on any atom is 0.223 e. The zero-order chi connectivity index (χ0) is 17.1. The lowest BCUT2D eigenvalue weighted by Crippen LogP contribution is -1.91. The Morgan fingerprint density at radius 2 is 0.880 bits per heavy atom. The molecule has 0 fully saturated rings. The van der Waals surface area contributed by atoms with Gasteiger partial charge in [0.2, 0.25) is 5.28 Å². The number of aromatic nitrogens is 2. The zero-order valence-corrected chi connectivity index (χ0v) is 14.2. The van der Waals surface area contributed by atoms with Crippen molar-refractivity contribution >= 4 is 11.6 Å². The van der Waals surface area contributed by atoms with Crippen LogP contribution in [0.4, 0.5) is 0 Å². The fraction of sp³-hybridized carbons (Fsp3) is 0. The van der Waals surface area contributed by atoms with Gasteiger partial charge in [0.05, 0.1) is 11.4 Å². The highest BCUT2D eigenvalue weighted by molar-refractivity contribution is 6.28. The molecule has 120 valence electrons. The second kappa shape index (κ2) is 6.88. The number of nitrogens with zero attached hydrogens (tertiary/aromatic N) is 2. The van der Waals surface area contributed by atoms with Crippen molar-refractivity contribution in [3.05, 3.63) is 96.3 Å². The van der Waals surface area contributed by atoms with E-state index < -0.39 is 0 Å². The fourth-order valence-electron chi connectivity index (χ4n) is 2.79. The van der Waals surface area contributed by atoms with Gasteiger partial charge in [-0.1, -0.05) is 84.9 Å². The van der Waals surface area contributed by atoms with Crippen molar-refractivity contribution in [2.45, 2.75) is 0 Å². The molecular formula is C22H15ClN2. The Bertz CT molecular complexity index is 981.